The topological polar surface area (TPSA) is 52.9 Å². The van der Waals surface area contributed by atoms with Crippen LogP contribution in [0, 0.1) is 0 Å². The maximum atomic E-state index is 5.20. The molecule has 0 aliphatic rings. The van der Waals surface area contributed by atoms with Gasteiger partial charge < -0.3 is 4.57 Å². The molecule has 0 saturated carbocycles. The molecule has 0 bridgehead atoms. The second kappa shape index (κ2) is 10.7. The normalized spacial score (nSPS) is 11.9. The molecule has 6 nitrogen and oxygen atoms in total. The number of nitrogens with zero attached hydrogens (tertiary/aromatic N) is 6. The highest BCUT2D eigenvalue weighted by molar-refractivity contribution is 6.24. The number of hydrogen-bond donors (Lipinski definition) is 0. The minimum absolute atomic E-state index is 0.798. The smallest absolute Gasteiger partial charge is 0.168 e. The van der Waals surface area contributed by atoms with Crippen molar-refractivity contribution in [1.82, 2.24) is 28.7 Å². The molecule has 0 aliphatic heterocycles. The SMILES string of the molecule is c1ccc(-c2nnc(-c3ccccc3)n2-c2ccc(-n3c4ccccc4c4ccc5c6ccccc6c6nc7ccccc7n6c5c43)cc2)cc1. The number of rotatable bonds is 4. The van der Waals surface area contributed by atoms with E-state index in [0.717, 1.165) is 72.8 Å². The van der Waals surface area contributed by atoms with Crippen LogP contribution in [0.4, 0.5) is 0 Å². The summed E-state index contributed by atoms with van der Waals surface area (Å²) < 4.78 is 6.94. The van der Waals surface area contributed by atoms with E-state index in [-0.39, 0.29) is 0 Å². The molecule has 7 aromatic carbocycles. The maximum Gasteiger partial charge on any atom is 0.168 e. The molecule has 4 heterocycles. The molecule has 0 saturated heterocycles. The van der Waals surface area contributed by atoms with Crippen molar-refractivity contribution in [2.75, 3.05) is 0 Å². The van der Waals surface area contributed by atoms with Crippen LogP contribution in [0.1, 0.15) is 0 Å². The number of benzene rings is 7. The van der Waals surface area contributed by atoms with Crippen LogP contribution in [0.25, 0.3) is 94.3 Å². The van der Waals surface area contributed by atoms with Crippen molar-refractivity contribution in [1.29, 1.82) is 0 Å². The summed E-state index contributed by atoms with van der Waals surface area (Å²) >= 11 is 0. The molecule has 0 fully saturated rings. The van der Waals surface area contributed by atoms with E-state index in [9.17, 15) is 0 Å². The lowest BCUT2D eigenvalue weighted by Crippen LogP contribution is -2.02. The van der Waals surface area contributed by atoms with Crippen LogP contribution in [0.5, 0.6) is 0 Å². The Hall–Kier alpha value is -7.05. The maximum absolute atomic E-state index is 5.20. The van der Waals surface area contributed by atoms with E-state index in [1.54, 1.807) is 0 Å². The first-order valence-electron chi connectivity index (χ1n) is 17.1. The zero-order valence-corrected chi connectivity index (χ0v) is 27.3. The Kier molecular flexibility index (Phi) is 5.86. The number of imidazole rings is 1. The van der Waals surface area contributed by atoms with Crippen molar-refractivity contribution in [2.45, 2.75) is 0 Å². The third-order valence-corrected chi connectivity index (χ3v) is 10.1. The largest absolute Gasteiger partial charge is 0.307 e. The van der Waals surface area contributed by atoms with Crippen molar-refractivity contribution in [3.8, 4) is 34.2 Å². The third kappa shape index (κ3) is 4.01. The number of pyridine rings is 1. The fraction of sp³-hybridized carbons (Fsp3) is 0. The molecule has 0 N–H and O–H groups in total. The summed E-state index contributed by atoms with van der Waals surface area (Å²) in [5.74, 6) is 1.60. The molecule has 0 amide bonds. The molecular formula is C45H28N6. The van der Waals surface area contributed by atoms with E-state index in [4.69, 9.17) is 15.2 Å². The Morgan fingerprint density at radius 1 is 0.353 bits per heavy atom. The van der Waals surface area contributed by atoms with E-state index >= 15 is 0 Å². The fourth-order valence-electron chi connectivity index (χ4n) is 7.93. The quantitative estimate of drug-likeness (QED) is 0.178. The Morgan fingerprint density at radius 3 is 1.53 bits per heavy atom. The first-order valence-corrected chi connectivity index (χ1v) is 17.1. The van der Waals surface area contributed by atoms with Gasteiger partial charge in [-0.05, 0) is 47.9 Å². The molecule has 11 aromatic rings. The van der Waals surface area contributed by atoms with Gasteiger partial charge in [-0.15, -0.1) is 10.2 Å². The second-order valence-electron chi connectivity index (χ2n) is 12.9. The molecule has 51 heavy (non-hydrogen) atoms. The lowest BCUT2D eigenvalue weighted by molar-refractivity contribution is 1.07. The summed E-state index contributed by atoms with van der Waals surface area (Å²) in [6.45, 7) is 0. The molecule has 0 unspecified atom stereocenters. The highest BCUT2D eigenvalue weighted by Crippen LogP contribution is 2.41. The van der Waals surface area contributed by atoms with Gasteiger partial charge in [-0.3, -0.25) is 8.97 Å². The van der Waals surface area contributed by atoms with Gasteiger partial charge in [0.15, 0.2) is 11.6 Å². The lowest BCUT2D eigenvalue weighted by Gasteiger charge is -2.15. The number of hydrogen-bond acceptors (Lipinski definition) is 3. The van der Waals surface area contributed by atoms with Crippen LogP contribution in [0.15, 0.2) is 170 Å². The Bertz CT molecular complexity index is 3060. The van der Waals surface area contributed by atoms with Gasteiger partial charge in [0.25, 0.3) is 0 Å². The van der Waals surface area contributed by atoms with Gasteiger partial charge in [0, 0.05) is 44.0 Å². The monoisotopic (exact) mass is 652 g/mol. The summed E-state index contributed by atoms with van der Waals surface area (Å²) in [4.78, 5) is 5.20. The molecule has 0 radical (unpaired) electrons. The van der Waals surface area contributed by atoms with Gasteiger partial charge >= 0.3 is 0 Å². The Morgan fingerprint density at radius 2 is 0.863 bits per heavy atom. The Balaban J connectivity index is 1.22. The summed E-state index contributed by atoms with van der Waals surface area (Å²) in [5.41, 5.74) is 10.6. The van der Waals surface area contributed by atoms with Gasteiger partial charge in [0.1, 0.15) is 5.65 Å². The second-order valence-corrected chi connectivity index (χ2v) is 12.9. The van der Waals surface area contributed by atoms with E-state index in [1.165, 1.54) is 21.5 Å². The van der Waals surface area contributed by atoms with Crippen molar-refractivity contribution in [3.05, 3.63) is 170 Å². The molecule has 4 aromatic heterocycles. The number of aromatic nitrogens is 6. The zero-order valence-electron chi connectivity index (χ0n) is 27.3. The van der Waals surface area contributed by atoms with E-state index in [0.29, 0.717) is 0 Å². The predicted molar refractivity (Wildman–Crippen MR) is 208 cm³/mol. The summed E-state index contributed by atoms with van der Waals surface area (Å²) in [6.07, 6.45) is 0. The molecule has 11 rings (SSSR count). The molecule has 238 valence electrons. The minimum Gasteiger partial charge on any atom is -0.307 e. The highest BCUT2D eigenvalue weighted by atomic mass is 15.3. The zero-order chi connectivity index (χ0) is 33.5. The lowest BCUT2D eigenvalue weighted by atomic mass is 10.0. The average molecular weight is 653 g/mol. The van der Waals surface area contributed by atoms with Crippen molar-refractivity contribution in [3.63, 3.8) is 0 Å². The summed E-state index contributed by atoms with van der Waals surface area (Å²) in [6, 6.07) is 59.7. The van der Waals surface area contributed by atoms with E-state index in [1.807, 2.05) is 36.4 Å². The van der Waals surface area contributed by atoms with Gasteiger partial charge in [-0.25, -0.2) is 4.98 Å². The van der Waals surface area contributed by atoms with Gasteiger partial charge in [-0.2, -0.15) is 0 Å². The van der Waals surface area contributed by atoms with Crippen molar-refractivity contribution >= 4 is 60.2 Å². The minimum atomic E-state index is 0.798. The van der Waals surface area contributed by atoms with Gasteiger partial charge in [-0.1, -0.05) is 127 Å². The van der Waals surface area contributed by atoms with Gasteiger partial charge in [0.2, 0.25) is 0 Å². The first kappa shape index (κ1) is 27.9. The Labute approximate surface area is 292 Å². The van der Waals surface area contributed by atoms with Crippen LogP contribution in [0.3, 0.4) is 0 Å². The van der Waals surface area contributed by atoms with Crippen LogP contribution in [-0.2, 0) is 0 Å². The van der Waals surface area contributed by atoms with Crippen molar-refractivity contribution in [2.24, 2.45) is 0 Å². The predicted octanol–water partition coefficient (Wildman–Crippen LogP) is 10.8. The summed E-state index contributed by atoms with van der Waals surface area (Å²) in [5, 5.41) is 15.3. The number of fused-ring (bicyclic) bond motifs is 12. The molecule has 6 heteroatoms. The highest BCUT2D eigenvalue weighted by Gasteiger charge is 2.22. The van der Waals surface area contributed by atoms with E-state index in [2.05, 4.69) is 147 Å². The summed E-state index contributed by atoms with van der Waals surface area (Å²) in [7, 11) is 0. The van der Waals surface area contributed by atoms with Crippen LogP contribution < -0.4 is 0 Å². The fourth-order valence-corrected chi connectivity index (χ4v) is 7.93. The average Bonchev–Trinajstić information content (AvgIpc) is 3.91. The van der Waals surface area contributed by atoms with Crippen molar-refractivity contribution < 1.29 is 0 Å². The molecule has 0 aliphatic carbocycles. The van der Waals surface area contributed by atoms with Crippen LogP contribution in [-0.4, -0.2) is 28.7 Å². The molecule has 0 atom stereocenters. The van der Waals surface area contributed by atoms with E-state index < -0.39 is 0 Å². The standard InChI is InChI=1S/C45H28N6/c1-3-13-29(14-4-1)43-47-48-44(30-15-5-2-6-16-30)50(43)32-25-23-31(24-26-32)49-39-21-11-9-18-34(39)36-28-27-35-33-17-7-8-19-37(33)45-46-38-20-10-12-22-40(38)51(45)42(35)41(36)49/h1-28H. The first-order chi connectivity index (χ1) is 25.3. The van der Waals surface area contributed by atoms with Crippen LogP contribution >= 0.6 is 0 Å². The van der Waals surface area contributed by atoms with Gasteiger partial charge in [0.05, 0.1) is 27.6 Å². The van der Waals surface area contributed by atoms with Crippen LogP contribution in [0.2, 0.25) is 0 Å². The molecular weight excluding hydrogens is 625 g/mol. The molecule has 0 spiro atoms. The third-order valence-electron chi connectivity index (χ3n) is 10.1. The number of para-hydroxylation sites is 3.